The number of carbonyl (C=O) groups is 2. The highest BCUT2D eigenvalue weighted by atomic mass is 79.9. The summed E-state index contributed by atoms with van der Waals surface area (Å²) in [6.45, 7) is 0. The van der Waals surface area contributed by atoms with Gasteiger partial charge in [-0.2, -0.15) is 0 Å². The quantitative estimate of drug-likeness (QED) is 0.658. The van der Waals surface area contributed by atoms with Crippen molar-refractivity contribution in [3.63, 3.8) is 0 Å². The third-order valence-corrected chi connectivity index (χ3v) is 2.61. The van der Waals surface area contributed by atoms with E-state index in [1.165, 1.54) is 18.2 Å². The monoisotopic (exact) mass is 262 g/mol. The topological polar surface area (TPSA) is 54.4 Å². The average molecular weight is 263 g/mol. The lowest BCUT2D eigenvalue weighted by molar-refractivity contribution is -0.131. The van der Waals surface area contributed by atoms with Gasteiger partial charge in [0.1, 0.15) is 0 Å². The molecule has 0 saturated carbocycles. The van der Waals surface area contributed by atoms with Gasteiger partial charge >= 0.3 is 5.97 Å². The standard InChI is InChI=1S/C8H4BrClO3/c9-5-2-1-4(3-6(5)10)7(11)8(12)13/h1-3H,(H,12,13). The minimum Gasteiger partial charge on any atom is -0.475 e. The Morgan fingerprint density at radius 1 is 1.38 bits per heavy atom. The molecule has 1 aromatic rings. The second kappa shape index (κ2) is 3.89. The zero-order chi connectivity index (χ0) is 10.0. The summed E-state index contributed by atoms with van der Waals surface area (Å²) < 4.78 is 0.621. The Hall–Kier alpha value is -0.870. The Labute approximate surface area is 87.4 Å². The molecule has 0 aliphatic heterocycles. The van der Waals surface area contributed by atoms with Gasteiger partial charge in [-0.1, -0.05) is 11.6 Å². The van der Waals surface area contributed by atoms with Crippen molar-refractivity contribution in [1.29, 1.82) is 0 Å². The van der Waals surface area contributed by atoms with Gasteiger partial charge in [0, 0.05) is 10.0 Å². The van der Waals surface area contributed by atoms with Gasteiger partial charge in [0.15, 0.2) is 0 Å². The van der Waals surface area contributed by atoms with Crippen molar-refractivity contribution in [2.24, 2.45) is 0 Å². The van der Waals surface area contributed by atoms with Gasteiger partial charge in [0.25, 0.3) is 5.78 Å². The molecule has 1 aromatic carbocycles. The van der Waals surface area contributed by atoms with Gasteiger partial charge in [-0.15, -0.1) is 0 Å². The Kier molecular flexibility index (Phi) is 3.06. The number of carboxylic acid groups (broad SMARTS) is 1. The Morgan fingerprint density at radius 3 is 2.46 bits per heavy atom. The van der Waals surface area contributed by atoms with E-state index in [9.17, 15) is 9.59 Å². The SMILES string of the molecule is O=C(O)C(=O)c1ccc(Br)c(Cl)c1. The second-order valence-electron chi connectivity index (χ2n) is 2.26. The Balaban J connectivity index is 3.11. The minimum atomic E-state index is -1.49. The molecule has 0 aliphatic carbocycles. The van der Waals surface area contributed by atoms with Gasteiger partial charge in [0.05, 0.1) is 5.02 Å². The molecule has 0 heterocycles. The highest BCUT2D eigenvalue weighted by molar-refractivity contribution is 9.10. The van der Waals surface area contributed by atoms with Crippen LogP contribution >= 0.6 is 27.5 Å². The van der Waals surface area contributed by atoms with E-state index in [1.807, 2.05) is 0 Å². The number of carbonyl (C=O) groups excluding carboxylic acids is 1. The van der Waals surface area contributed by atoms with E-state index in [-0.39, 0.29) is 5.56 Å². The molecule has 0 saturated heterocycles. The number of aliphatic carboxylic acids is 1. The van der Waals surface area contributed by atoms with Crippen molar-refractivity contribution < 1.29 is 14.7 Å². The zero-order valence-corrected chi connectivity index (χ0v) is 8.59. The van der Waals surface area contributed by atoms with Crippen molar-refractivity contribution in [1.82, 2.24) is 0 Å². The first kappa shape index (κ1) is 10.2. The fourth-order valence-electron chi connectivity index (χ4n) is 0.761. The maximum atomic E-state index is 10.9. The van der Waals surface area contributed by atoms with Crippen LogP contribution in [0.1, 0.15) is 10.4 Å². The maximum Gasteiger partial charge on any atom is 0.377 e. The summed E-state index contributed by atoms with van der Waals surface area (Å²) in [6.07, 6.45) is 0. The third kappa shape index (κ3) is 2.29. The van der Waals surface area contributed by atoms with Crippen molar-refractivity contribution in [2.45, 2.75) is 0 Å². The van der Waals surface area contributed by atoms with Crippen LogP contribution in [-0.4, -0.2) is 16.9 Å². The minimum absolute atomic E-state index is 0.0701. The van der Waals surface area contributed by atoms with E-state index in [0.717, 1.165) is 0 Å². The molecule has 0 unspecified atom stereocenters. The number of carboxylic acids is 1. The lowest BCUT2D eigenvalue weighted by atomic mass is 10.1. The van der Waals surface area contributed by atoms with Crippen LogP contribution in [0.2, 0.25) is 5.02 Å². The number of ketones is 1. The van der Waals surface area contributed by atoms with Gasteiger partial charge < -0.3 is 5.11 Å². The number of halogens is 2. The Bertz CT molecular complexity index is 376. The molecule has 5 heteroatoms. The molecular weight excluding hydrogens is 259 g/mol. The molecule has 0 bridgehead atoms. The molecule has 68 valence electrons. The molecule has 0 aliphatic rings. The van der Waals surface area contributed by atoms with E-state index in [4.69, 9.17) is 16.7 Å². The average Bonchev–Trinajstić information content (AvgIpc) is 2.08. The molecule has 1 N–H and O–H groups in total. The fraction of sp³-hybridized carbons (Fsp3) is 0. The summed E-state index contributed by atoms with van der Waals surface area (Å²) in [5.41, 5.74) is 0.0701. The molecular formula is C8H4BrClO3. The third-order valence-electron chi connectivity index (χ3n) is 1.38. The molecule has 0 aromatic heterocycles. The summed E-state index contributed by atoms with van der Waals surface area (Å²) in [5.74, 6) is -2.45. The van der Waals surface area contributed by atoms with Crippen LogP contribution in [0.4, 0.5) is 0 Å². The van der Waals surface area contributed by atoms with Gasteiger partial charge in [-0.05, 0) is 34.1 Å². The highest BCUT2D eigenvalue weighted by Crippen LogP contribution is 2.23. The van der Waals surface area contributed by atoms with Crippen LogP contribution in [0.3, 0.4) is 0 Å². The van der Waals surface area contributed by atoms with Gasteiger partial charge in [-0.25, -0.2) is 4.79 Å². The predicted molar refractivity (Wildman–Crippen MR) is 51.1 cm³/mol. The molecule has 0 amide bonds. The van der Waals surface area contributed by atoms with Crippen LogP contribution in [-0.2, 0) is 4.79 Å². The molecule has 3 nitrogen and oxygen atoms in total. The summed E-state index contributed by atoms with van der Waals surface area (Å²) in [7, 11) is 0. The smallest absolute Gasteiger partial charge is 0.377 e. The molecule has 1 rings (SSSR count). The molecule has 0 spiro atoms. The number of benzene rings is 1. The molecule has 0 fully saturated rings. The molecule has 13 heavy (non-hydrogen) atoms. The molecule has 0 radical (unpaired) electrons. The first-order valence-electron chi connectivity index (χ1n) is 3.25. The van der Waals surface area contributed by atoms with E-state index in [2.05, 4.69) is 15.9 Å². The lowest BCUT2D eigenvalue weighted by Gasteiger charge is -1.98. The lowest BCUT2D eigenvalue weighted by Crippen LogP contribution is -2.12. The maximum absolute atomic E-state index is 10.9. The van der Waals surface area contributed by atoms with Crippen molar-refractivity contribution in [3.8, 4) is 0 Å². The second-order valence-corrected chi connectivity index (χ2v) is 3.52. The molecule has 0 atom stereocenters. The summed E-state index contributed by atoms with van der Waals surface area (Å²) >= 11 is 8.80. The van der Waals surface area contributed by atoms with Crippen LogP contribution in [0.5, 0.6) is 0 Å². The van der Waals surface area contributed by atoms with Crippen LogP contribution in [0, 0.1) is 0 Å². The largest absolute Gasteiger partial charge is 0.475 e. The number of Topliss-reactive ketones (excluding diaryl/α,β-unsaturated/α-hetero) is 1. The predicted octanol–water partition coefficient (Wildman–Crippen LogP) is 2.37. The Morgan fingerprint density at radius 2 is 2.00 bits per heavy atom. The first-order valence-corrected chi connectivity index (χ1v) is 4.42. The summed E-state index contributed by atoms with van der Waals surface area (Å²) in [4.78, 5) is 21.2. The van der Waals surface area contributed by atoms with Crippen LogP contribution < -0.4 is 0 Å². The van der Waals surface area contributed by atoms with E-state index in [1.54, 1.807) is 0 Å². The van der Waals surface area contributed by atoms with Crippen LogP contribution in [0.15, 0.2) is 22.7 Å². The van der Waals surface area contributed by atoms with E-state index < -0.39 is 11.8 Å². The normalized spacial score (nSPS) is 9.69. The zero-order valence-electron chi connectivity index (χ0n) is 6.25. The first-order chi connectivity index (χ1) is 6.02. The summed E-state index contributed by atoms with van der Waals surface area (Å²) in [5, 5.41) is 8.70. The van der Waals surface area contributed by atoms with Crippen molar-refractivity contribution in [2.75, 3.05) is 0 Å². The van der Waals surface area contributed by atoms with Crippen LogP contribution in [0.25, 0.3) is 0 Å². The fourth-order valence-corrected chi connectivity index (χ4v) is 1.19. The van der Waals surface area contributed by atoms with E-state index >= 15 is 0 Å². The number of hydrogen-bond donors (Lipinski definition) is 1. The highest BCUT2D eigenvalue weighted by Gasteiger charge is 2.14. The van der Waals surface area contributed by atoms with Gasteiger partial charge in [0.2, 0.25) is 0 Å². The number of rotatable bonds is 2. The number of hydrogen-bond acceptors (Lipinski definition) is 2. The summed E-state index contributed by atoms with van der Waals surface area (Å²) in [6, 6.07) is 4.23. The van der Waals surface area contributed by atoms with Crippen molar-refractivity contribution in [3.05, 3.63) is 33.3 Å². The van der Waals surface area contributed by atoms with E-state index in [0.29, 0.717) is 9.50 Å². The van der Waals surface area contributed by atoms with Gasteiger partial charge in [-0.3, -0.25) is 4.79 Å². The van der Waals surface area contributed by atoms with Crippen molar-refractivity contribution >= 4 is 39.3 Å².